The predicted molar refractivity (Wildman–Crippen MR) is 114 cm³/mol. The van der Waals surface area contributed by atoms with Gasteiger partial charge >= 0.3 is 5.97 Å². The second-order valence-corrected chi connectivity index (χ2v) is 7.68. The number of nitrogens with zero attached hydrogens (tertiary/aromatic N) is 3. The van der Waals surface area contributed by atoms with Gasteiger partial charge in [0.05, 0.1) is 7.11 Å². The molecule has 0 aliphatic carbocycles. The van der Waals surface area contributed by atoms with E-state index >= 15 is 0 Å². The third-order valence-corrected chi connectivity index (χ3v) is 5.46. The Labute approximate surface area is 176 Å². The highest BCUT2D eigenvalue weighted by Gasteiger charge is 2.32. The van der Waals surface area contributed by atoms with Gasteiger partial charge < -0.3 is 14.5 Å². The fourth-order valence-electron chi connectivity index (χ4n) is 3.52. The molecule has 2 aromatic rings. The van der Waals surface area contributed by atoms with E-state index in [1.807, 2.05) is 65.2 Å². The van der Waals surface area contributed by atoms with Gasteiger partial charge in [-0.2, -0.15) is 0 Å². The van der Waals surface area contributed by atoms with Crippen LogP contribution in [0.25, 0.3) is 0 Å². The summed E-state index contributed by atoms with van der Waals surface area (Å²) >= 11 is 5.98. The van der Waals surface area contributed by atoms with Crippen molar-refractivity contribution >= 4 is 29.2 Å². The first kappa shape index (κ1) is 21.1. The zero-order valence-electron chi connectivity index (χ0n) is 17.0. The number of halogens is 1. The number of esters is 1. The highest BCUT2D eigenvalue weighted by molar-refractivity contribution is 6.30. The van der Waals surface area contributed by atoms with Gasteiger partial charge in [-0.05, 0) is 42.0 Å². The second kappa shape index (κ2) is 9.29. The van der Waals surface area contributed by atoms with E-state index in [0.29, 0.717) is 36.8 Å². The highest BCUT2D eigenvalue weighted by atomic mass is 35.5. The maximum Gasteiger partial charge on any atom is 0.327 e. The van der Waals surface area contributed by atoms with Gasteiger partial charge in [0.1, 0.15) is 6.04 Å². The quantitative estimate of drug-likeness (QED) is 0.702. The lowest BCUT2D eigenvalue weighted by Gasteiger charge is -2.38. The van der Waals surface area contributed by atoms with Gasteiger partial charge in [0.25, 0.3) is 5.91 Å². The number of carbonyl (C=O) groups is 2. The smallest absolute Gasteiger partial charge is 0.327 e. The van der Waals surface area contributed by atoms with Crippen LogP contribution in [0.1, 0.15) is 22.0 Å². The Balaban J connectivity index is 1.68. The van der Waals surface area contributed by atoms with Crippen LogP contribution >= 0.6 is 11.6 Å². The van der Waals surface area contributed by atoms with Crippen LogP contribution in [-0.4, -0.2) is 69.1 Å². The van der Waals surface area contributed by atoms with Crippen molar-refractivity contribution in [2.45, 2.75) is 6.04 Å². The molecule has 1 aliphatic rings. The predicted octanol–water partition coefficient (Wildman–Crippen LogP) is 3.08. The number of benzene rings is 2. The standard InChI is InChI=1S/C22H26ClN3O3/c1-24(2)19-10-6-17(7-11-19)21(27)26-14-12-25(13-15-26)20(22(28)29-3)16-4-8-18(23)9-5-16/h4-11,20H,12-15H2,1-3H3. The molecule has 1 atom stereocenters. The number of rotatable bonds is 5. The van der Waals surface area contributed by atoms with Crippen molar-refractivity contribution in [1.29, 1.82) is 0 Å². The molecular weight excluding hydrogens is 390 g/mol. The van der Waals surface area contributed by atoms with E-state index in [4.69, 9.17) is 16.3 Å². The van der Waals surface area contributed by atoms with Crippen LogP contribution < -0.4 is 4.90 Å². The fourth-order valence-corrected chi connectivity index (χ4v) is 3.65. The van der Waals surface area contributed by atoms with Crippen LogP contribution in [0.3, 0.4) is 0 Å². The van der Waals surface area contributed by atoms with Gasteiger partial charge in [0.2, 0.25) is 0 Å². The third-order valence-electron chi connectivity index (χ3n) is 5.21. The number of piperazine rings is 1. The van der Waals surface area contributed by atoms with E-state index in [1.54, 1.807) is 12.1 Å². The lowest BCUT2D eigenvalue weighted by molar-refractivity contribution is -0.148. The van der Waals surface area contributed by atoms with Crippen molar-refractivity contribution in [3.63, 3.8) is 0 Å². The van der Waals surface area contributed by atoms with Crippen LogP contribution in [0.2, 0.25) is 5.02 Å². The first-order valence-electron chi connectivity index (χ1n) is 9.54. The number of hydrogen-bond donors (Lipinski definition) is 0. The molecule has 0 aromatic heterocycles. The van der Waals surface area contributed by atoms with E-state index in [0.717, 1.165) is 11.3 Å². The number of methoxy groups -OCH3 is 1. The number of anilines is 1. The minimum Gasteiger partial charge on any atom is -0.468 e. The Kier molecular flexibility index (Phi) is 6.77. The molecule has 1 saturated heterocycles. The topological polar surface area (TPSA) is 53.1 Å². The zero-order valence-corrected chi connectivity index (χ0v) is 17.7. The molecule has 0 bridgehead atoms. The van der Waals surface area contributed by atoms with E-state index < -0.39 is 6.04 Å². The van der Waals surface area contributed by atoms with E-state index in [2.05, 4.69) is 0 Å². The Morgan fingerprint density at radius 3 is 2.07 bits per heavy atom. The summed E-state index contributed by atoms with van der Waals surface area (Å²) in [5, 5.41) is 0.619. The van der Waals surface area contributed by atoms with Crippen molar-refractivity contribution in [3.05, 3.63) is 64.7 Å². The molecule has 1 heterocycles. The molecule has 1 fully saturated rings. The number of ether oxygens (including phenoxy) is 1. The first-order valence-corrected chi connectivity index (χ1v) is 9.92. The molecule has 0 radical (unpaired) electrons. The molecule has 0 spiro atoms. The van der Waals surface area contributed by atoms with Crippen LogP contribution in [-0.2, 0) is 9.53 Å². The normalized spacial score (nSPS) is 15.7. The lowest BCUT2D eigenvalue weighted by atomic mass is 10.0. The van der Waals surface area contributed by atoms with Gasteiger partial charge in [0.15, 0.2) is 0 Å². The fraction of sp³-hybridized carbons (Fsp3) is 0.364. The van der Waals surface area contributed by atoms with Gasteiger partial charge in [0, 0.05) is 56.5 Å². The van der Waals surface area contributed by atoms with Gasteiger partial charge in [-0.1, -0.05) is 23.7 Å². The van der Waals surface area contributed by atoms with Crippen molar-refractivity contribution in [3.8, 4) is 0 Å². The molecule has 1 amide bonds. The molecule has 1 unspecified atom stereocenters. The maximum absolute atomic E-state index is 12.8. The molecule has 7 heteroatoms. The summed E-state index contributed by atoms with van der Waals surface area (Å²) in [7, 11) is 5.32. The minimum absolute atomic E-state index is 0.0102. The first-order chi connectivity index (χ1) is 13.9. The largest absolute Gasteiger partial charge is 0.468 e. The van der Waals surface area contributed by atoms with E-state index in [9.17, 15) is 9.59 Å². The van der Waals surface area contributed by atoms with Crippen LogP contribution in [0.15, 0.2) is 48.5 Å². The van der Waals surface area contributed by atoms with Crippen LogP contribution in [0, 0.1) is 0 Å². The van der Waals surface area contributed by atoms with Crippen molar-refractivity contribution < 1.29 is 14.3 Å². The van der Waals surface area contributed by atoms with Crippen molar-refractivity contribution in [2.24, 2.45) is 0 Å². The Morgan fingerprint density at radius 2 is 1.55 bits per heavy atom. The van der Waals surface area contributed by atoms with Crippen molar-refractivity contribution in [1.82, 2.24) is 9.80 Å². The Bertz CT molecular complexity index is 845. The maximum atomic E-state index is 12.8. The minimum atomic E-state index is -0.506. The monoisotopic (exact) mass is 415 g/mol. The lowest BCUT2D eigenvalue weighted by Crippen LogP contribution is -2.51. The molecule has 6 nitrogen and oxygen atoms in total. The number of hydrogen-bond acceptors (Lipinski definition) is 5. The molecule has 3 rings (SSSR count). The molecule has 0 N–H and O–H groups in total. The summed E-state index contributed by atoms with van der Waals surface area (Å²) in [5.74, 6) is -0.303. The highest BCUT2D eigenvalue weighted by Crippen LogP contribution is 2.25. The summed E-state index contributed by atoms with van der Waals surface area (Å²) in [6.45, 7) is 2.28. The third kappa shape index (κ3) is 4.89. The Morgan fingerprint density at radius 1 is 0.966 bits per heavy atom. The molecule has 29 heavy (non-hydrogen) atoms. The molecule has 1 aliphatic heterocycles. The number of carbonyl (C=O) groups excluding carboxylic acids is 2. The van der Waals surface area contributed by atoms with Crippen LogP contribution in [0.5, 0.6) is 0 Å². The zero-order chi connectivity index (χ0) is 21.0. The summed E-state index contributed by atoms with van der Waals surface area (Å²) in [4.78, 5) is 31.2. The molecular formula is C22H26ClN3O3. The van der Waals surface area contributed by atoms with Gasteiger partial charge in [-0.15, -0.1) is 0 Å². The van der Waals surface area contributed by atoms with Gasteiger partial charge in [-0.3, -0.25) is 9.69 Å². The average molecular weight is 416 g/mol. The second-order valence-electron chi connectivity index (χ2n) is 7.25. The summed E-state index contributed by atoms with van der Waals surface area (Å²) in [5.41, 5.74) is 2.56. The summed E-state index contributed by atoms with van der Waals surface area (Å²) < 4.78 is 5.03. The molecule has 154 valence electrons. The Hall–Kier alpha value is -2.57. The summed E-state index contributed by atoms with van der Waals surface area (Å²) in [6, 6.07) is 14.3. The van der Waals surface area contributed by atoms with Crippen LogP contribution in [0.4, 0.5) is 5.69 Å². The number of amides is 1. The summed E-state index contributed by atoms with van der Waals surface area (Å²) in [6.07, 6.45) is 0. The molecule has 0 saturated carbocycles. The average Bonchev–Trinajstić information content (AvgIpc) is 2.75. The van der Waals surface area contributed by atoms with Crippen molar-refractivity contribution in [2.75, 3.05) is 52.3 Å². The van der Waals surface area contributed by atoms with E-state index in [-0.39, 0.29) is 11.9 Å². The van der Waals surface area contributed by atoms with Gasteiger partial charge in [-0.25, -0.2) is 4.79 Å². The SMILES string of the molecule is COC(=O)C(c1ccc(Cl)cc1)N1CCN(C(=O)c2ccc(N(C)C)cc2)CC1. The molecule has 2 aromatic carbocycles. The van der Waals surface area contributed by atoms with E-state index in [1.165, 1.54) is 7.11 Å².